The molecule has 0 radical (unpaired) electrons. The van der Waals surface area contributed by atoms with Crippen LogP contribution in [-0.2, 0) is 11.2 Å². The van der Waals surface area contributed by atoms with Crippen LogP contribution in [0.5, 0.6) is 0 Å². The Bertz CT molecular complexity index is 593. The minimum atomic E-state index is -0.763. The summed E-state index contributed by atoms with van der Waals surface area (Å²) in [4.78, 5) is 12.2. The molecule has 3 unspecified atom stereocenters. The van der Waals surface area contributed by atoms with Crippen molar-refractivity contribution in [3.05, 3.63) is 35.9 Å². The quantitative estimate of drug-likeness (QED) is 0.584. The molecule has 6 nitrogen and oxygen atoms in total. The number of hydrogen-bond donors (Lipinski definition) is 3. The number of rotatable bonds is 10. The summed E-state index contributed by atoms with van der Waals surface area (Å²) < 4.78 is 5.33. The molecule has 0 spiro atoms. The van der Waals surface area contributed by atoms with Gasteiger partial charge in [0.1, 0.15) is 5.60 Å². The lowest BCUT2D eigenvalue weighted by molar-refractivity contribution is 0.0422. The predicted octanol–water partition coefficient (Wildman–Crippen LogP) is 3.01. The van der Waals surface area contributed by atoms with Gasteiger partial charge in [0.2, 0.25) is 0 Å². The van der Waals surface area contributed by atoms with E-state index in [1.165, 1.54) is 0 Å². The Labute approximate surface area is 162 Å². The highest BCUT2D eigenvalue weighted by atomic mass is 16.6. The summed E-state index contributed by atoms with van der Waals surface area (Å²) in [5.74, 6) is 0.350. The third-order valence-corrected chi connectivity index (χ3v) is 4.06. The Balaban J connectivity index is 2.63. The number of aliphatic hydroxyl groups excluding tert-OH is 1. The first-order valence-electron chi connectivity index (χ1n) is 9.50. The van der Waals surface area contributed by atoms with E-state index in [0.717, 1.165) is 12.0 Å². The van der Waals surface area contributed by atoms with Crippen molar-refractivity contribution in [1.29, 1.82) is 5.26 Å². The van der Waals surface area contributed by atoms with Gasteiger partial charge in [0.25, 0.3) is 0 Å². The lowest BCUT2D eigenvalue weighted by atomic mass is 10.0. The molecule has 0 aliphatic heterocycles. The Morgan fingerprint density at radius 2 is 1.93 bits per heavy atom. The molecule has 0 saturated carbocycles. The van der Waals surface area contributed by atoms with Crippen molar-refractivity contribution >= 4 is 6.09 Å². The number of aliphatic hydroxyl groups is 1. The van der Waals surface area contributed by atoms with Gasteiger partial charge in [0, 0.05) is 13.0 Å². The van der Waals surface area contributed by atoms with Crippen LogP contribution in [0.2, 0.25) is 0 Å². The number of hydrogen-bond acceptors (Lipinski definition) is 5. The predicted molar refractivity (Wildman–Crippen MR) is 106 cm³/mol. The maximum absolute atomic E-state index is 12.2. The van der Waals surface area contributed by atoms with Crippen molar-refractivity contribution in [3.8, 4) is 6.07 Å². The second-order valence-corrected chi connectivity index (χ2v) is 7.97. The maximum atomic E-state index is 12.2. The molecular weight excluding hydrogens is 342 g/mol. The Morgan fingerprint density at radius 3 is 2.52 bits per heavy atom. The van der Waals surface area contributed by atoms with Crippen molar-refractivity contribution in [2.45, 2.75) is 64.7 Å². The van der Waals surface area contributed by atoms with Crippen molar-refractivity contribution in [3.63, 3.8) is 0 Å². The molecule has 0 heterocycles. The highest BCUT2D eigenvalue weighted by Gasteiger charge is 2.25. The molecule has 1 aromatic carbocycles. The number of ether oxygens (including phenoxy) is 1. The molecule has 1 rings (SSSR count). The molecule has 0 aromatic heterocycles. The molecule has 1 aromatic rings. The van der Waals surface area contributed by atoms with Crippen LogP contribution in [0.15, 0.2) is 30.3 Å². The van der Waals surface area contributed by atoms with Crippen molar-refractivity contribution in [1.82, 2.24) is 10.6 Å². The number of nitrogens with zero attached hydrogens (tertiary/aromatic N) is 1. The van der Waals surface area contributed by atoms with Crippen molar-refractivity contribution < 1.29 is 14.6 Å². The average Bonchev–Trinajstić information content (AvgIpc) is 2.58. The van der Waals surface area contributed by atoms with Gasteiger partial charge in [-0.1, -0.05) is 37.3 Å². The molecule has 1 amide bonds. The molecule has 0 fully saturated rings. The molecule has 0 aliphatic rings. The fourth-order valence-electron chi connectivity index (χ4n) is 2.64. The normalized spacial score (nSPS) is 14.7. The number of amides is 1. The van der Waals surface area contributed by atoms with Crippen LogP contribution in [0, 0.1) is 17.2 Å². The van der Waals surface area contributed by atoms with E-state index in [0.29, 0.717) is 31.8 Å². The number of nitriles is 1. The number of nitrogens with one attached hydrogen (secondary N) is 2. The number of carbonyl (C=O) groups is 1. The smallest absolute Gasteiger partial charge is 0.407 e. The second-order valence-electron chi connectivity index (χ2n) is 7.97. The minimum absolute atomic E-state index is 0.350. The van der Waals surface area contributed by atoms with Gasteiger partial charge in [-0.2, -0.15) is 5.26 Å². The summed E-state index contributed by atoms with van der Waals surface area (Å²) in [6.07, 6.45) is 0.559. The van der Waals surface area contributed by atoms with E-state index in [4.69, 9.17) is 10.00 Å². The Kier molecular flexibility index (Phi) is 9.84. The third kappa shape index (κ3) is 10.6. The minimum Gasteiger partial charge on any atom is -0.444 e. The highest BCUT2D eigenvalue weighted by molar-refractivity contribution is 5.68. The largest absolute Gasteiger partial charge is 0.444 e. The van der Waals surface area contributed by atoms with E-state index < -0.39 is 23.8 Å². The molecule has 3 N–H and O–H groups in total. The number of benzene rings is 1. The number of carbonyl (C=O) groups excluding carboxylic acids is 1. The summed E-state index contributed by atoms with van der Waals surface area (Å²) in [5.41, 5.74) is 0.431. The van der Waals surface area contributed by atoms with Gasteiger partial charge in [-0.05, 0) is 51.6 Å². The average molecular weight is 376 g/mol. The third-order valence-electron chi connectivity index (χ3n) is 4.06. The van der Waals surface area contributed by atoms with Gasteiger partial charge in [-0.15, -0.1) is 0 Å². The van der Waals surface area contributed by atoms with Crippen LogP contribution in [0.1, 0.15) is 46.1 Å². The molecule has 6 heteroatoms. The van der Waals surface area contributed by atoms with Gasteiger partial charge in [-0.25, -0.2) is 4.79 Å². The van der Waals surface area contributed by atoms with Gasteiger partial charge >= 0.3 is 6.09 Å². The van der Waals surface area contributed by atoms with E-state index in [2.05, 4.69) is 23.6 Å². The molecule has 27 heavy (non-hydrogen) atoms. The lowest BCUT2D eigenvalue weighted by Gasteiger charge is -2.27. The SMILES string of the molecule is CC(CCC#N)CNCC(O)C(Cc1ccccc1)NC(=O)OC(C)(C)C. The fourth-order valence-corrected chi connectivity index (χ4v) is 2.64. The maximum Gasteiger partial charge on any atom is 0.407 e. The van der Waals surface area contributed by atoms with Crippen molar-refractivity contribution in [2.75, 3.05) is 13.1 Å². The Hall–Kier alpha value is -2.10. The molecule has 0 aliphatic carbocycles. The first kappa shape index (κ1) is 22.9. The van der Waals surface area contributed by atoms with E-state index in [-0.39, 0.29) is 0 Å². The van der Waals surface area contributed by atoms with Crippen LogP contribution in [0.4, 0.5) is 4.79 Å². The lowest BCUT2D eigenvalue weighted by Crippen LogP contribution is -2.50. The Morgan fingerprint density at radius 1 is 1.26 bits per heavy atom. The zero-order valence-electron chi connectivity index (χ0n) is 16.9. The van der Waals surface area contributed by atoms with Crippen LogP contribution in [0.3, 0.4) is 0 Å². The molecule has 150 valence electrons. The molecule has 0 bridgehead atoms. The fraction of sp³-hybridized carbons (Fsp3) is 0.619. The zero-order chi connectivity index (χ0) is 20.3. The first-order chi connectivity index (χ1) is 12.7. The number of alkyl carbamates (subject to hydrolysis) is 1. The van der Waals surface area contributed by atoms with Gasteiger partial charge in [0.15, 0.2) is 0 Å². The van der Waals surface area contributed by atoms with E-state index >= 15 is 0 Å². The van der Waals surface area contributed by atoms with E-state index in [1.807, 2.05) is 30.3 Å². The van der Waals surface area contributed by atoms with Crippen LogP contribution in [-0.4, -0.2) is 42.0 Å². The summed E-state index contributed by atoms with van der Waals surface area (Å²) in [6.45, 7) is 8.54. The second kappa shape index (κ2) is 11.6. The van der Waals surface area contributed by atoms with Crippen LogP contribution >= 0.6 is 0 Å². The summed E-state index contributed by atoms with van der Waals surface area (Å²) >= 11 is 0. The summed E-state index contributed by atoms with van der Waals surface area (Å²) in [6, 6.07) is 11.4. The van der Waals surface area contributed by atoms with Gasteiger partial charge in [0.05, 0.1) is 18.2 Å². The van der Waals surface area contributed by atoms with E-state index in [1.54, 1.807) is 20.8 Å². The topological polar surface area (TPSA) is 94.4 Å². The monoisotopic (exact) mass is 375 g/mol. The van der Waals surface area contributed by atoms with Crippen LogP contribution in [0.25, 0.3) is 0 Å². The van der Waals surface area contributed by atoms with Crippen molar-refractivity contribution in [2.24, 2.45) is 5.92 Å². The highest BCUT2D eigenvalue weighted by Crippen LogP contribution is 2.10. The summed E-state index contributed by atoms with van der Waals surface area (Å²) in [7, 11) is 0. The van der Waals surface area contributed by atoms with E-state index in [9.17, 15) is 9.90 Å². The standard InChI is InChI=1S/C21H33N3O3/c1-16(9-8-12-22)14-23-15-19(25)18(13-17-10-6-5-7-11-17)24-20(26)27-21(2,3)4/h5-7,10-11,16,18-19,23,25H,8-9,13-15H2,1-4H3,(H,24,26). The van der Waals surface area contributed by atoms with Crippen LogP contribution < -0.4 is 10.6 Å². The zero-order valence-corrected chi connectivity index (χ0v) is 16.9. The molecule has 3 atom stereocenters. The molecular formula is C21H33N3O3. The molecule has 0 saturated heterocycles. The first-order valence-corrected chi connectivity index (χ1v) is 9.50. The van der Waals surface area contributed by atoms with Gasteiger partial charge < -0.3 is 20.5 Å². The van der Waals surface area contributed by atoms with Gasteiger partial charge in [-0.3, -0.25) is 0 Å². The summed E-state index contributed by atoms with van der Waals surface area (Å²) in [5, 5.41) is 25.3.